The van der Waals surface area contributed by atoms with Crippen LogP contribution in [0, 0.1) is 0 Å². The molecule has 0 atom stereocenters. The van der Waals surface area contributed by atoms with Crippen molar-refractivity contribution in [1.29, 1.82) is 0 Å². The number of rotatable bonds is 5. The Hall–Kier alpha value is -1.43. The summed E-state index contributed by atoms with van der Waals surface area (Å²) < 4.78 is 5.17. The average Bonchev–Trinajstić information content (AvgIpc) is 2.60. The van der Waals surface area contributed by atoms with Crippen LogP contribution in [-0.2, 0) is 4.74 Å². The summed E-state index contributed by atoms with van der Waals surface area (Å²) in [5.41, 5.74) is 6.21. The second kappa shape index (κ2) is 6.49. The van der Waals surface area contributed by atoms with Crippen molar-refractivity contribution in [2.75, 3.05) is 26.3 Å². The maximum atomic E-state index is 11.9. The normalized spacial score (nSPS) is 13.5. The summed E-state index contributed by atoms with van der Waals surface area (Å²) in [7, 11) is 0. The van der Waals surface area contributed by atoms with Gasteiger partial charge in [0, 0.05) is 6.54 Å². The second-order valence-electron chi connectivity index (χ2n) is 3.71. The van der Waals surface area contributed by atoms with Crippen molar-refractivity contribution in [3.05, 3.63) is 35.4 Å². The first kappa shape index (κ1) is 14.6. The van der Waals surface area contributed by atoms with Crippen LogP contribution in [0.1, 0.15) is 20.7 Å². The Morgan fingerprint density at radius 1 is 1.06 bits per heavy atom. The zero-order valence-electron chi connectivity index (χ0n) is 9.80. The highest BCUT2D eigenvalue weighted by atomic mass is 35.5. The Balaban J connectivity index is 0.00000162. The molecule has 1 aliphatic heterocycles. The summed E-state index contributed by atoms with van der Waals surface area (Å²) in [4.78, 5) is 25.0. The molecule has 1 aliphatic rings. The lowest BCUT2D eigenvalue weighted by molar-refractivity contribution is 0.0570. The van der Waals surface area contributed by atoms with Crippen LogP contribution in [0.25, 0.3) is 0 Å². The minimum absolute atomic E-state index is 0. The Labute approximate surface area is 111 Å². The van der Waals surface area contributed by atoms with E-state index >= 15 is 0 Å². The number of imide groups is 1. The highest BCUT2D eigenvalue weighted by Gasteiger charge is 2.34. The largest absolute Gasteiger partial charge is 0.378 e. The number of fused-ring (bicyclic) bond motifs is 1. The number of amides is 2. The molecule has 0 unspecified atom stereocenters. The summed E-state index contributed by atoms with van der Waals surface area (Å²) >= 11 is 0. The number of benzene rings is 1. The van der Waals surface area contributed by atoms with Gasteiger partial charge in [-0.1, -0.05) is 12.1 Å². The van der Waals surface area contributed by atoms with Gasteiger partial charge in [0.15, 0.2) is 0 Å². The Morgan fingerprint density at radius 2 is 1.61 bits per heavy atom. The number of carbonyl (C=O) groups is 2. The smallest absolute Gasteiger partial charge is 0.261 e. The molecule has 6 heteroatoms. The molecule has 1 heterocycles. The average molecular weight is 271 g/mol. The number of carbonyl (C=O) groups excluding carboxylic acids is 2. The van der Waals surface area contributed by atoms with Gasteiger partial charge in [0.05, 0.1) is 30.9 Å². The van der Waals surface area contributed by atoms with Gasteiger partial charge in [-0.25, -0.2) is 0 Å². The van der Waals surface area contributed by atoms with E-state index in [0.717, 1.165) is 0 Å². The van der Waals surface area contributed by atoms with E-state index in [0.29, 0.717) is 30.9 Å². The molecule has 2 N–H and O–H groups in total. The highest BCUT2D eigenvalue weighted by molar-refractivity contribution is 6.21. The van der Waals surface area contributed by atoms with Gasteiger partial charge in [0.25, 0.3) is 11.8 Å². The summed E-state index contributed by atoms with van der Waals surface area (Å²) in [5.74, 6) is -0.496. The van der Waals surface area contributed by atoms with Crippen LogP contribution in [-0.4, -0.2) is 43.0 Å². The van der Waals surface area contributed by atoms with Crippen LogP contribution >= 0.6 is 12.4 Å². The Kier molecular flexibility index (Phi) is 5.27. The predicted molar refractivity (Wildman–Crippen MR) is 68.9 cm³/mol. The summed E-state index contributed by atoms with van der Waals surface area (Å²) in [5, 5.41) is 0. The lowest BCUT2D eigenvalue weighted by Gasteiger charge is -2.13. The third kappa shape index (κ3) is 2.69. The predicted octanol–water partition coefficient (Wildman–Crippen LogP) is 0.680. The maximum Gasteiger partial charge on any atom is 0.261 e. The van der Waals surface area contributed by atoms with Gasteiger partial charge >= 0.3 is 0 Å². The molecule has 0 aliphatic carbocycles. The van der Waals surface area contributed by atoms with Crippen molar-refractivity contribution in [3.63, 3.8) is 0 Å². The number of ether oxygens (including phenoxy) is 1. The van der Waals surface area contributed by atoms with Crippen molar-refractivity contribution in [2.24, 2.45) is 5.73 Å². The second-order valence-corrected chi connectivity index (χ2v) is 3.71. The summed E-state index contributed by atoms with van der Waals surface area (Å²) in [6, 6.07) is 6.82. The molecule has 0 saturated carbocycles. The molecule has 0 spiro atoms. The maximum absolute atomic E-state index is 11.9. The minimum Gasteiger partial charge on any atom is -0.378 e. The molecule has 0 aromatic heterocycles. The van der Waals surface area contributed by atoms with Gasteiger partial charge in [0.1, 0.15) is 0 Å². The first-order valence-corrected chi connectivity index (χ1v) is 5.48. The van der Waals surface area contributed by atoms with Crippen LogP contribution in [0.2, 0.25) is 0 Å². The molecule has 18 heavy (non-hydrogen) atoms. The molecule has 5 nitrogen and oxygen atoms in total. The molecule has 98 valence electrons. The number of hydrogen-bond acceptors (Lipinski definition) is 4. The van der Waals surface area contributed by atoms with Crippen LogP contribution < -0.4 is 5.73 Å². The molecule has 1 aromatic carbocycles. The van der Waals surface area contributed by atoms with Gasteiger partial charge in [0.2, 0.25) is 0 Å². The third-order valence-corrected chi connectivity index (χ3v) is 2.60. The van der Waals surface area contributed by atoms with E-state index in [-0.39, 0.29) is 30.8 Å². The van der Waals surface area contributed by atoms with Crippen LogP contribution in [0.15, 0.2) is 24.3 Å². The van der Waals surface area contributed by atoms with E-state index in [1.54, 1.807) is 24.3 Å². The monoisotopic (exact) mass is 270 g/mol. The zero-order valence-corrected chi connectivity index (χ0v) is 10.6. The van der Waals surface area contributed by atoms with E-state index in [1.807, 2.05) is 0 Å². The number of nitrogens with zero attached hydrogens (tertiary/aromatic N) is 1. The molecule has 0 bridgehead atoms. The van der Waals surface area contributed by atoms with Crippen LogP contribution in [0.3, 0.4) is 0 Å². The van der Waals surface area contributed by atoms with E-state index in [9.17, 15) is 9.59 Å². The molecule has 0 radical (unpaired) electrons. The zero-order chi connectivity index (χ0) is 12.3. The fourth-order valence-electron chi connectivity index (χ4n) is 1.78. The summed E-state index contributed by atoms with van der Waals surface area (Å²) in [6.45, 7) is 1.46. The fraction of sp³-hybridized carbons (Fsp3) is 0.333. The SMILES string of the molecule is Cl.NCCOCCN1C(=O)c2ccccc2C1=O. The highest BCUT2D eigenvalue weighted by Crippen LogP contribution is 2.21. The lowest BCUT2D eigenvalue weighted by Crippen LogP contribution is -2.33. The topological polar surface area (TPSA) is 72.6 Å². The van der Waals surface area contributed by atoms with E-state index in [2.05, 4.69) is 0 Å². The Bertz CT molecular complexity index is 416. The number of halogens is 1. The molecule has 0 saturated heterocycles. The van der Waals surface area contributed by atoms with E-state index in [4.69, 9.17) is 10.5 Å². The van der Waals surface area contributed by atoms with Gasteiger partial charge in [-0.3, -0.25) is 14.5 Å². The van der Waals surface area contributed by atoms with E-state index < -0.39 is 0 Å². The molecule has 2 amide bonds. The molecule has 0 fully saturated rings. The van der Waals surface area contributed by atoms with Crippen LogP contribution in [0.5, 0.6) is 0 Å². The minimum atomic E-state index is -0.248. The number of nitrogens with two attached hydrogens (primary N) is 1. The third-order valence-electron chi connectivity index (χ3n) is 2.60. The van der Waals surface area contributed by atoms with Crippen molar-refractivity contribution < 1.29 is 14.3 Å². The van der Waals surface area contributed by atoms with Crippen molar-refractivity contribution in [3.8, 4) is 0 Å². The number of hydrogen-bond donors (Lipinski definition) is 1. The molecule has 1 aromatic rings. The van der Waals surface area contributed by atoms with Crippen molar-refractivity contribution >= 4 is 24.2 Å². The molecular formula is C12H15ClN2O3. The fourth-order valence-corrected chi connectivity index (χ4v) is 1.78. The van der Waals surface area contributed by atoms with Gasteiger partial charge < -0.3 is 10.5 Å². The van der Waals surface area contributed by atoms with Crippen molar-refractivity contribution in [2.45, 2.75) is 0 Å². The molecule has 2 rings (SSSR count). The van der Waals surface area contributed by atoms with Gasteiger partial charge in [-0.05, 0) is 12.1 Å². The standard InChI is InChI=1S/C12H14N2O3.ClH/c13-5-7-17-8-6-14-11(15)9-3-1-2-4-10(9)12(14)16;/h1-4H,5-8,13H2;1H. The van der Waals surface area contributed by atoms with E-state index in [1.165, 1.54) is 4.90 Å². The quantitative estimate of drug-likeness (QED) is 0.631. The van der Waals surface area contributed by atoms with Gasteiger partial charge in [-0.15, -0.1) is 12.4 Å². The van der Waals surface area contributed by atoms with Crippen LogP contribution in [0.4, 0.5) is 0 Å². The van der Waals surface area contributed by atoms with Gasteiger partial charge in [-0.2, -0.15) is 0 Å². The Morgan fingerprint density at radius 3 is 2.11 bits per heavy atom. The first-order valence-electron chi connectivity index (χ1n) is 5.48. The van der Waals surface area contributed by atoms with Crippen molar-refractivity contribution in [1.82, 2.24) is 4.90 Å². The molecular weight excluding hydrogens is 256 g/mol. The lowest BCUT2D eigenvalue weighted by atomic mass is 10.1. The summed E-state index contributed by atoms with van der Waals surface area (Å²) in [6.07, 6.45) is 0. The first-order chi connectivity index (χ1) is 8.25.